The van der Waals surface area contributed by atoms with Crippen LogP contribution in [-0.4, -0.2) is 26.7 Å². The summed E-state index contributed by atoms with van der Waals surface area (Å²) in [6.07, 6.45) is -3.38. The first-order valence-electron chi connectivity index (χ1n) is 6.82. The second kappa shape index (κ2) is 6.84. The van der Waals surface area contributed by atoms with E-state index >= 15 is 0 Å². The van der Waals surface area contributed by atoms with E-state index < -0.39 is 12.5 Å². The van der Waals surface area contributed by atoms with Crippen molar-refractivity contribution in [2.45, 2.75) is 0 Å². The Morgan fingerprint density at radius 1 is 0.591 bits per heavy atom. The van der Waals surface area contributed by atoms with E-state index in [0.717, 1.165) is 22.6 Å². The quantitative estimate of drug-likeness (QED) is 0.654. The minimum Gasteiger partial charge on any atom is -0.467 e. The maximum Gasteiger partial charge on any atom is 0.124 e. The Morgan fingerprint density at radius 2 is 0.864 bits per heavy atom. The van der Waals surface area contributed by atoms with Gasteiger partial charge < -0.3 is 9.05 Å². The Balaban J connectivity index is 2.15. The smallest absolute Gasteiger partial charge is 0.124 e. The molecule has 0 saturated heterocycles. The normalized spacial score (nSPS) is 12.0. The molecule has 0 bridgehead atoms. The second-order valence-electron chi connectivity index (χ2n) is 5.74. The molecule has 0 heterocycles. The molecule has 2 aromatic rings. The first kappa shape index (κ1) is 17.7. The molecule has 0 spiro atoms. The number of hydrogen-bond donors (Lipinski definition) is 0. The molecule has 0 saturated carbocycles. The summed E-state index contributed by atoms with van der Waals surface area (Å²) in [5.41, 5.74) is 2.26. The van der Waals surface area contributed by atoms with Gasteiger partial charge in [0.05, 0.1) is 0 Å². The van der Waals surface area contributed by atoms with Crippen LogP contribution in [0.4, 0.5) is 0 Å². The van der Waals surface area contributed by atoms with E-state index in [9.17, 15) is 0 Å². The second-order valence-corrected chi connectivity index (χ2v) is 16.4. The van der Waals surface area contributed by atoms with Gasteiger partial charge in [0.25, 0.3) is 0 Å². The third-order valence-electron chi connectivity index (χ3n) is 2.69. The van der Waals surface area contributed by atoms with Gasteiger partial charge in [0, 0.05) is 0 Å². The van der Waals surface area contributed by atoms with E-state index in [0.29, 0.717) is 0 Å². The minimum atomic E-state index is -1.69. The van der Waals surface area contributed by atoms with E-state index in [-0.39, 0.29) is 0 Å². The van der Waals surface area contributed by atoms with Gasteiger partial charge in [0.1, 0.15) is 24.0 Å². The van der Waals surface area contributed by atoms with Crippen LogP contribution in [-0.2, 0) is 23.6 Å². The van der Waals surface area contributed by atoms with Crippen molar-refractivity contribution in [1.29, 1.82) is 0 Å². The highest BCUT2D eigenvalue weighted by molar-refractivity contribution is 8.12. The zero-order valence-electron chi connectivity index (χ0n) is 13.1. The predicted octanol–water partition coefficient (Wildman–Crippen LogP) is 5.42. The highest BCUT2D eigenvalue weighted by atomic mass is 32.4. The monoisotopic (exact) mass is 370 g/mol. The minimum absolute atomic E-state index is 0.828. The van der Waals surface area contributed by atoms with Crippen LogP contribution in [0.1, 0.15) is 0 Å². The van der Waals surface area contributed by atoms with E-state index in [1.807, 2.05) is 75.2 Å². The summed E-state index contributed by atoms with van der Waals surface area (Å²) in [7, 11) is 0. The Morgan fingerprint density at radius 3 is 1.09 bits per heavy atom. The van der Waals surface area contributed by atoms with Crippen LogP contribution in [0, 0.1) is 0 Å². The first-order valence-corrected chi connectivity index (χ1v) is 14.0. The Kier molecular flexibility index (Phi) is 5.50. The van der Waals surface area contributed by atoms with E-state index in [4.69, 9.17) is 32.7 Å². The molecule has 0 aliphatic rings. The van der Waals surface area contributed by atoms with Crippen molar-refractivity contribution in [3.8, 4) is 22.6 Å². The molecule has 0 fully saturated rings. The van der Waals surface area contributed by atoms with Crippen molar-refractivity contribution in [2.24, 2.45) is 0 Å². The average molecular weight is 370 g/mol. The summed E-state index contributed by atoms with van der Waals surface area (Å²) in [5, 5.41) is 0. The Labute approximate surface area is 143 Å². The van der Waals surface area contributed by atoms with Crippen LogP contribution >= 0.6 is 12.5 Å². The van der Waals surface area contributed by atoms with Gasteiger partial charge in [-0.05, 0) is 62.1 Å². The lowest BCUT2D eigenvalue weighted by atomic mass is 10.1. The topological polar surface area (TPSA) is 18.5 Å². The highest BCUT2D eigenvalue weighted by Crippen LogP contribution is 2.40. The van der Waals surface area contributed by atoms with Crippen LogP contribution < -0.4 is 9.05 Å². The molecule has 0 N–H and O–H groups in total. The molecule has 6 heteroatoms. The van der Waals surface area contributed by atoms with Gasteiger partial charge >= 0.3 is 0 Å². The lowest BCUT2D eigenvalue weighted by Gasteiger charge is -2.15. The fourth-order valence-electron chi connectivity index (χ4n) is 1.92. The molecule has 2 nitrogen and oxygen atoms in total. The zero-order valence-corrected chi connectivity index (χ0v) is 16.6. The van der Waals surface area contributed by atoms with E-state index in [1.54, 1.807) is 0 Å². The zero-order chi connectivity index (χ0) is 16.4. The molecule has 2 aromatic carbocycles. The highest BCUT2D eigenvalue weighted by Gasteiger charge is 2.06. The van der Waals surface area contributed by atoms with Crippen LogP contribution in [0.25, 0.3) is 11.1 Å². The van der Waals surface area contributed by atoms with E-state index in [1.165, 1.54) is 0 Å². The predicted molar refractivity (Wildman–Crippen MR) is 105 cm³/mol. The lowest BCUT2D eigenvalue weighted by Crippen LogP contribution is -1.89. The Hall–Kier alpha value is -0.660. The summed E-state index contributed by atoms with van der Waals surface area (Å²) in [6, 6.07) is 16.0. The van der Waals surface area contributed by atoms with Gasteiger partial charge in [-0.1, -0.05) is 47.9 Å². The van der Waals surface area contributed by atoms with E-state index in [2.05, 4.69) is 0 Å². The molecule has 0 radical (unpaired) electrons. The molecule has 0 aliphatic heterocycles. The number of benzene rings is 2. The molecule has 0 unspecified atom stereocenters. The maximum atomic E-state index is 5.76. The maximum absolute atomic E-state index is 5.76. The SMILES string of the molecule is CP(C)(=S)Oc1ccc(-c2ccc(OP(C)(C)=S)cc2)cc1. The number of hydrogen-bond acceptors (Lipinski definition) is 4. The molecule has 0 aromatic heterocycles. The average Bonchev–Trinajstić information content (AvgIpc) is 2.37. The largest absolute Gasteiger partial charge is 0.467 e. The molecule has 0 atom stereocenters. The number of rotatable bonds is 5. The molecule has 2 rings (SSSR count). The molecule has 0 amide bonds. The third kappa shape index (κ3) is 5.85. The van der Waals surface area contributed by atoms with Crippen molar-refractivity contribution in [3.63, 3.8) is 0 Å². The van der Waals surface area contributed by atoms with Crippen LogP contribution in [0.15, 0.2) is 48.5 Å². The standard InChI is InChI=1S/C16H20O2P2S2/c1-19(2,21)17-15-9-5-13(6-10-15)14-7-11-16(12-8-14)18-20(3,4)22/h5-12H,1-4H3. The van der Waals surface area contributed by atoms with Crippen LogP contribution in [0.2, 0.25) is 0 Å². The summed E-state index contributed by atoms with van der Waals surface area (Å²) in [4.78, 5) is 0. The van der Waals surface area contributed by atoms with Gasteiger partial charge in [0.2, 0.25) is 0 Å². The van der Waals surface area contributed by atoms with Gasteiger partial charge in [-0.3, -0.25) is 0 Å². The first-order chi connectivity index (χ1) is 10.1. The van der Waals surface area contributed by atoms with Gasteiger partial charge in [-0.15, -0.1) is 0 Å². The fourth-order valence-corrected chi connectivity index (χ4v) is 3.70. The molecule has 22 heavy (non-hydrogen) atoms. The molecular formula is C16H20O2P2S2. The summed E-state index contributed by atoms with van der Waals surface area (Å²) in [5.74, 6) is 1.66. The van der Waals surface area contributed by atoms with Crippen molar-refractivity contribution in [2.75, 3.05) is 26.7 Å². The van der Waals surface area contributed by atoms with Crippen molar-refractivity contribution in [3.05, 3.63) is 48.5 Å². The summed E-state index contributed by atoms with van der Waals surface area (Å²) >= 11 is 10.6. The summed E-state index contributed by atoms with van der Waals surface area (Å²) in [6.45, 7) is 7.88. The van der Waals surface area contributed by atoms with Gasteiger partial charge in [-0.25, -0.2) is 0 Å². The van der Waals surface area contributed by atoms with Crippen LogP contribution in [0.5, 0.6) is 11.5 Å². The molecule has 0 aliphatic carbocycles. The van der Waals surface area contributed by atoms with Crippen molar-refractivity contribution in [1.82, 2.24) is 0 Å². The third-order valence-corrected chi connectivity index (χ3v) is 4.44. The van der Waals surface area contributed by atoms with Crippen LogP contribution in [0.3, 0.4) is 0 Å². The van der Waals surface area contributed by atoms with Crippen molar-refractivity contribution >= 4 is 36.1 Å². The van der Waals surface area contributed by atoms with Gasteiger partial charge in [-0.2, -0.15) is 0 Å². The lowest BCUT2D eigenvalue weighted by molar-refractivity contribution is 0.620. The molecule has 118 valence electrons. The fraction of sp³-hybridized carbons (Fsp3) is 0.250. The van der Waals surface area contributed by atoms with Crippen molar-refractivity contribution < 1.29 is 9.05 Å². The Bertz CT molecular complexity index is 662. The molecular weight excluding hydrogens is 350 g/mol. The summed E-state index contributed by atoms with van der Waals surface area (Å²) < 4.78 is 11.5. The van der Waals surface area contributed by atoms with Gasteiger partial charge in [0.15, 0.2) is 0 Å².